The van der Waals surface area contributed by atoms with Crippen molar-refractivity contribution in [2.45, 2.75) is 0 Å². The summed E-state index contributed by atoms with van der Waals surface area (Å²) in [5, 5.41) is 11.4. The lowest BCUT2D eigenvalue weighted by atomic mass is 10.3. The second-order valence-corrected chi connectivity index (χ2v) is 3.86. The monoisotopic (exact) mass is 223 g/mol. The lowest BCUT2D eigenvalue weighted by Gasteiger charge is -2.33. The van der Waals surface area contributed by atoms with E-state index < -0.39 is 0 Å². The number of nitrogens with zero attached hydrogens (tertiary/aromatic N) is 4. The summed E-state index contributed by atoms with van der Waals surface area (Å²) < 4.78 is 0. The molecule has 1 aromatic heterocycles. The van der Waals surface area contributed by atoms with Crippen molar-refractivity contribution >= 4 is 11.8 Å². The Hall–Kier alpha value is -1.40. The molecule has 88 valence electrons. The van der Waals surface area contributed by atoms with E-state index in [-0.39, 0.29) is 6.73 Å². The Morgan fingerprint density at radius 3 is 2.81 bits per heavy atom. The molecule has 0 radical (unpaired) electrons. The SMILES string of the molecule is CN1CCN(c2ccnc(NCO)n2)CC1. The highest BCUT2D eigenvalue weighted by molar-refractivity contribution is 5.42. The molecule has 0 saturated carbocycles. The third-order valence-corrected chi connectivity index (χ3v) is 2.71. The van der Waals surface area contributed by atoms with Crippen LogP contribution in [-0.2, 0) is 0 Å². The maximum Gasteiger partial charge on any atom is 0.226 e. The molecular weight excluding hydrogens is 206 g/mol. The normalized spacial score (nSPS) is 17.5. The fourth-order valence-corrected chi connectivity index (χ4v) is 1.72. The molecule has 6 heteroatoms. The standard InChI is InChI=1S/C10H17N5O/c1-14-4-6-15(7-5-14)9-2-3-11-10(13-9)12-8-16/h2-3,16H,4-8H2,1H3,(H,11,12,13). The van der Waals surface area contributed by atoms with Gasteiger partial charge in [0.2, 0.25) is 5.95 Å². The van der Waals surface area contributed by atoms with Gasteiger partial charge in [0, 0.05) is 32.4 Å². The summed E-state index contributed by atoms with van der Waals surface area (Å²) in [4.78, 5) is 12.9. The number of likely N-dealkylation sites (N-methyl/N-ethyl adjacent to an activating group) is 1. The fraction of sp³-hybridized carbons (Fsp3) is 0.600. The summed E-state index contributed by atoms with van der Waals surface area (Å²) in [5.74, 6) is 1.39. The minimum atomic E-state index is -0.147. The molecule has 1 saturated heterocycles. The van der Waals surface area contributed by atoms with E-state index in [0.29, 0.717) is 5.95 Å². The zero-order valence-corrected chi connectivity index (χ0v) is 9.43. The van der Waals surface area contributed by atoms with Crippen LogP contribution in [0.2, 0.25) is 0 Å². The third-order valence-electron chi connectivity index (χ3n) is 2.71. The van der Waals surface area contributed by atoms with Crippen molar-refractivity contribution in [3.8, 4) is 0 Å². The first-order valence-corrected chi connectivity index (χ1v) is 5.41. The molecule has 2 rings (SSSR count). The zero-order chi connectivity index (χ0) is 11.4. The first-order valence-electron chi connectivity index (χ1n) is 5.41. The number of rotatable bonds is 3. The van der Waals surface area contributed by atoms with Gasteiger partial charge in [-0.1, -0.05) is 0 Å². The molecule has 0 amide bonds. The summed E-state index contributed by atoms with van der Waals surface area (Å²) >= 11 is 0. The average Bonchev–Trinajstić information content (AvgIpc) is 2.31. The van der Waals surface area contributed by atoms with Crippen molar-refractivity contribution < 1.29 is 5.11 Å². The van der Waals surface area contributed by atoms with Crippen LogP contribution < -0.4 is 10.2 Å². The molecule has 6 nitrogen and oxygen atoms in total. The first kappa shape index (κ1) is 11.1. The van der Waals surface area contributed by atoms with Gasteiger partial charge in [0.15, 0.2) is 0 Å². The van der Waals surface area contributed by atoms with E-state index in [4.69, 9.17) is 5.11 Å². The van der Waals surface area contributed by atoms with Gasteiger partial charge >= 0.3 is 0 Å². The molecule has 0 aromatic carbocycles. The summed E-state index contributed by atoms with van der Waals surface area (Å²) in [7, 11) is 2.12. The third kappa shape index (κ3) is 2.59. The molecular formula is C10H17N5O. The van der Waals surface area contributed by atoms with Crippen LogP contribution in [0.1, 0.15) is 0 Å². The minimum Gasteiger partial charge on any atom is -0.376 e. The van der Waals surface area contributed by atoms with Crippen LogP contribution in [0.15, 0.2) is 12.3 Å². The van der Waals surface area contributed by atoms with Crippen LogP contribution in [0, 0.1) is 0 Å². The minimum absolute atomic E-state index is 0.147. The quantitative estimate of drug-likeness (QED) is 0.679. The second kappa shape index (κ2) is 5.09. The van der Waals surface area contributed by atoms with Crippen LogP contribution >= 0.6 is 0 Å². The van der Waals surface area contributed by atoms with Crippen molar-refractivity contribution in [1.29, 1.82) is 0 Å². The van der Waals surface area contributed by atoms with Crippen LogP contribution in [-0.4, -0.2) is 59.9 Å². The number of aliphatic hydroxyl groups is 1. The Kier molecular flexibility index (Phi) is 3.53. The fourth-order valence-electron chi connectivity index (χ4n) is 1.72. The smallest absolute Gasteiger partial charge is 0.226 e. The Balaban J connectivity index is 2.05. The lowest BCUT2D eigenvalue weighted by molar-refractivity contribution is 0.312. The Morgan fingerprint density at radius 2 is 2.12 bits per heavy atom. The van der Waals surface area contributed by atoms with Gasteiger partial charge in [-0.2, -0.15) is 4.98 Å². The number of anilines is 2. The zero-order valence-electron chi connectivity index (χ0n) is 9.43. The number of aliphatic hydroxyl groups excluding tert-OH is 1. The van der Waals surface area contributed by atoms with Gasteiger partial charge in [-0.05, 0) is 13.1 Å². The molecule has 1 aliphatic rings. The van der Waals surface area contributed by atoms with Gasteiger partial charge in [0.05, 0.1) is 0 Å². The highest BCUT2D eigenvalue weighted by Crippen LogP contribution is 2.13. The van der Waals surface area contributed by atoms with E-state index >= 15 is 0 Å². The molecule has 0 unspecified atom stereocenters. The largest absolute Gasteiger partial charge is 0.376 e. The number of aromatic nitrogens is 2. The maximum atomic E-state index is 8.74. The predicted molar refractivity (Wildman–Crippen MR) is 62.5 cm³/mol. The first-order chi connectivity index (χ1) is 7.79. The number of hydrogen-bond acceptors (Lipinski definition) is 6. The Morgan fingerprint density at radius 1 is 1.38 bits per heavy atom. The van der Waals surface area contributed by atoms with Crippen LogP contribution in [0.4, 0.5) is 11.8 Å². The van der Waals surface area contributed by atoms with Crippen LogP contribution in [0.25, 0.3) is 0 Å². The van der Waals surface area contributed by atoms with Crippen molar-refractivity contribution in [2.24, 2.45) is 0 Å². The van der Waals surface area contributed by atoms with E-state index in [1.807, 2.05) is 6.07 Å². The second-order valence-electron chi connectivity index (χ2n) is 3.86. The summed E-state index contributed by atoms with van der Waals surface area (Å²) in [6.07, 6.45) is 1.71. The molecule has 0 atom stereocenters. The molecule has 0 spiro atoms. The molecule has 0 aliphatic carbocycles. The molecule has 2 N–H and O–H groups in total. The van der Waals surface area contributed by atoms with Crippen molar-refractivity contribution in [2.75, 3.05) is 50.2 Å². The van der Waals surface area contributed by atoms with Gasteiger partial charge in [-0.25, -0.2) is 4.98 Å². The highest BCUT2D eigenvalue weighted by atomic mass is 16.3. The summed E-state index contributed by atoms with van der Waals surface area (Å²) in [5.41, 5.74) is 0. The molecule has 1 aromatic rings. The van der Waals surface area contributed by atoms with Gasteiger partial charge < -0.3 is 20.2 Å². The van der Waals surface area contributed by atoms with Crippen molar-refractivity contribution in [3.05, 3.63) is 12.3 Å². The lowest BCUT2D eigenvalue weighted by Crippen LogP contribution is -2.44. The highest BCUT2D eigenvalue weighted by Gasteiger charge is 2.15. The number of hydrogen-bond donors (Lipinski definition) is 2. The number of piperazine rings is 1. The van der Waals surface area contributed by atoms with Crippen LogP contribution in [0.5, 0.6) is 0 Å². The van der Waals surface area contributed by atoms with Gasteiger partial charge in [-0.15, -0.1) is 0 Å². The molecule has 1 fully saturated rings. The molecule has 16 heavy (non-hydrogen) atoms. The molecule has 0 bridgehead atoms. The maximum absolute atomic E-state index is 8.74. The van der Waals surface area contributed by atoms with Crippen molar-refractivity contribution in [3.63, 3.8) is 0 Å². The van der Waals surface area contributed by atoms with Gasteiger partial charge in [0.1, 0.15) is 12.5 Å². The van der Waals surface area contributed by atoms with Crippen LogP contribution in [0.3, 0.4) is 0 Å². The average molecular weight is 223 g/mol. The predicted octanol–water partition coefficient (Wildman–Crippen LogP) is -0.410. The van der Waals surface area contributed by atoms with E-state index in [0.717, 1.165) is 32.0 Å². The van der Waals surface area contributed by atoms with E-state index in [9.17, 15) is 0 Å². The van der Waals surface area contributed by atoms with Gasteiger partial charge in [-0.3, -0.25) is 0 Å². The topological polar surface area (TPSA) is 64.5 Å². The summed E-state index contributed by atoms with van der Waals surface area (Å²) in [6, 6.07) is 1.90. The van der Waals surface area contributed by atoms with E-state index in [1.54, 1.807) is 6.20 Å². The summed E-state index contributed by atoms with van der Waals surface area (Å²) in [6.45, 7) is 3.91. The van der Waals surface area contributed by atoms with Crippen molar-refractivity contribution in [1.82, 2.24) is 14.9 Å². The Labute approximate surface area is 94.9 Å². The molecule has 1 aliphatic heterocycles. The molecule has 2 heterocycles. The number of nitrogens with one attached hydrogen (secondary N) is 1. The Bertz CT molecular complexity index is 338. The van der Waals surface area contributed by atoms with Gasteiger partial charge in [0.25, 0.3) is 0 Å². The van der Waals surface area contributed by atoms with E-state index in [1.165, 1.54) is 0 Å². The van der Waals surface area contributed by atoms with E-state index in [2.05, 4.69) is 32.1 Å².